The maximum atomic E-state index is 14.2. The molecule has 0 fully saturated rings. The fourth-order valence-electron chi connectivity index (χ4n) is 4.06. The van der Waals surface area contributed by atoms with Gasteiger partial charge in [-0.05, 0) is 57.4 Å². The van der Waals surface area contributed by atoms with Crippen molar-refractivity contribution in [3.05, 3.63) is 53.2 Å². The molecule has 1 aliphatic rings. The van der Waals surface area contributed by atoms with Crippen molar-refractivity contribution in [2.75, 3.05) is 11.4 Å². The smallest absolute Gasteiger partial charge is 0.325 e. The molecule has 4 aromatic rings. The summed E-state index contributed by atoms with van der Waals surface area (Å²) in [4.78, 5) is 10.8. The van der Waals surface area contributed by atoms with Crippen LogP contribution < -0.4 is 4.90 Å². The van der Waals surface area contributed by atoms with Crippen LogP contribution in [0.4, 0.5) is 29.1 Å². The fraction of sp³-hybridized carbons (Fsp3) is 0.333. The van der Waals surface area contributed by atoms with Crippen molar-refractivity contribution in [2.45, 2.75) is 39.8 Å². The minimum absolute atomic E-state index is 0.328. The molecule has 174 valence electrons. The number of aryl methyl sites for hydroxylation is 1. The van der Waals surface area contributed by atoms with Crippen molar-refractivity contribution >= 4 is 28.3 Å². The van der Waals surface area contributed by atoms with E-state index in [-0.39, 0.29) is 0 Å². The summed E-state index contributed by atoms with van der Waals surface area (Å²) in [5.41, 5.74) is 0.464. The van der Waals surface area contributed by atoms with Gasteiger partial charge in [-0.25, -0.2) is 13.8 Å². The van der Waals surface area contributed by atoms with E-state index in [4.69, 9.17) is 0 Å². The second kappa shape index (κ2) is 7.65. The number of hydrogen-bond acceptors (Lipinski definition) is 5. The highest BCUT2D eigenvalue weighted by molar-refractivity contribution is 5.92. The number of fused-ring (bicyclic) bond motifs is 4. The molecule has 0 aliphatic carbocycles. The maximum Gasteiger partial charge on any atom is 0.404 e. The highest BCUT2D eigenvalue weighted by atomic mass is 19.4. The summed E-state index contributed by atoms with van der Waals surface area (Å²) in [5, 5.41) is 8.66. The molecule has 0 spiro atoms. The van der Waals surface area contributed by atoms with Gasteiger partial charge in [0.05, 0.1) is 11.6 Å². The summed E-state index contributed by atoms with van der Waals surface area (Å²) >= 11 is 0. The summed E-state index contributed by atoms with van der Waals surface area (Å²) in [6.07, 6.45) is -1.94. The van der Waals surface area contributed by atoms with Gasteiger partial charge in [0.1, 0.15) is 22.9 Å². The third kappa shape index (κ3) is 3.52. The topological polar surface area (TPSA) is 59.2 Å². The van der Waals surface area contributed by atoms with Gasteiger partial charge in [-0.15, -0.1) is 10.2 Å². The number of anilines is 2. The summed E-state index contributed by atoms with van der Waals surface area (Å²) < 4.78 is 55.8. The van der Waals surface area contributed by atoms with Crippen LogP contribution in [0.25, 0.3) is 16.8 Å². The number of halogens is 4. The summed E-state index contributed by atoms with van der Waals surface area (Å²) in [6, 6.07) is 6.71. The van der Waals surface area contributed by atoms with Crippen molar-refractivity contribution in [1.29, 1.82) is 0 Å². The van der Waals surface area contributed by atoms with Crippen LogP contribution in [0.2, 0.25) is 0 Å². The first-order valence-corrected chi connectivity index (χ1v) is 10.7. The molecule has 1 aromatic carbocycles. The molecule has 5 rings (SSSR count). The Kier molecular flexibility index (Phi) is 4.97. The fourth-order valence-corrected chi connectivity index (χ4v) is 4.06. The lowest BCUT2D eigenvalue weighted by molar-refractivity contribution is -0.190. The number of rotatable bonds is 1. The largest absolute Gasteiger partial charge is 0.404 e. The molecule has 10 heteroatoms. The van der Waals surface area contributed by atoms with E-state index in [0.29, 0.717) is 47.0 Å². The molecule has 0 N–H and O–H groups in total. The lowest BCUT2D eigenvalue weighted by Gasteiger charge is -2.31. The lowest BCUT2D eigenvalue weighted by atomic mass is 9.91. The second-order valence-corrected chi connectivity index (χ2v) is 8.77. The Morgan fingerprint density at radius 2 is 1.91 bits per heavy atom. The van der Waals surface area contributed by atoms with Gasteiger partial charge in [0, 0.05) is 17.8 Å². The first-order valence-electron chi connectivity index (χ1n) is 10.7. The molecule has 0 atom stereocenters. The van der Waals surface area contributed by atoms with Gasteiger partial charge in [0.15, 0.2) is 5.65 Å². The van der Waals surface area contributed by atoms with Gasteiger partial charge in [-0.3, -0.25) is 0 Å². The first-order chi connectivity index (χ1) is 16.1. The standard InChI is InChI=1S/C24H20F4N6/c1-14-31-32-22-30-21(18-12-16(25)13-29-20(18)34(14)22)33-11-5-7-17-15(6-4-8-19(17)33)9-10-23(2,3)24(26,27)28/h4,6,8,12-13H,5,7,11H2,1-3H3. The van der Waals surface area contributed by atoms with E-state index < -0.39 is 17.4 Å². The highest BCUT2D eigenvalue weighted by Crippen LogP contribution is 2.39. The van der Waals surface area contributed by atoms with Crippen LogP contribution in [0.3, 0.4) is 0 Å². The third-order valence-electron chi connectivity index (χ3n) is 6.02. The average molecular weight is 468 g/mol. The SMILES string of the molecule is Cc1nnc2nc(N3CCCc4c(C#CC(C)(C)C(F)(F)F)cccc43)c3cc(F)cnc3n12. The monoisotopic (exact) mass is 468 g/mol. The van der Waals surface area contributed by atoms with Gasteiger partial charge in [0.2, 0.25) is 0 Å². The maximum absolute atomic E-state index is 14.2. The molecule has 6 nitrogen and oxygen atoms in total. The van der Waals surface area contributed by atoms with E-state index in [1.807, 2.05) is 11.0 Å². The van der Waals surface area contributed by atoms with Crippen molar-refractivity contribution in [3.63, 3.8) is 0 Å². The number of aromatic nitrogens is 5. The summed E-state index contributed by atoms with van der Waals surface area (Å²) in [7, 11) is 0. The zero-order chi connectivity index (χ0) is 24.3. The lowest BCUT2D eigenvalue weighted by Crippen LogP contribution is -2.30. The number of alkyl halides is 3. The number of pyridine rings is 1. The molecule has 0 saturated carbocycles. The summed E-state index contributed by atoms with van der Waals surface area (Å²) in [6.45, 7) is 4.47. The predicted molar refractivity (Wildman–Crippen MR) is 119 cm³/mol. The van der Waals surface area contributed by atoms with Crippen molar-refractivity contribution in [1.82, 2.24) is 24.6 Å². The number of nitrogens with zero attached hydrogens (tertiary/aromatic N) is 6. The van der Waals surface area contributed by atoms with Crippen LogP contribution in [0.15, 0.2) is 30.5 Å². The van der Waals surface area contributed by atoms with Gasteiger partial charge in [-0.1, -0.05) is 17.9 Å². The Hall–Kier alpha value is -3.74. The molecule has 3 aromatic heterocycles. The van der Waals surface area contributed by atoms with Crippen molar-refractivity contribution < 1.29 is 17.6 Å². The van der Waals surface area contributed by atoms with Gasteiger partial charge < -0.3 is 4.90 Å². The summed E-state index contributed by atoms with van der Waals surface area (Å²) in [5.74, 6) is 6.00. The van der Waals surface area contributed by atoms with Crippen molar-refractivity contribution in [2.24, 2.45) is 5.41 Å². The molecule has 4 heterocycles. The van der Waals surface area contributed by atoms with Crippen LogP contribution >= 0.6 is 0 Å². The van der Waals surface area contributed by atoms with Crippen molar-refractivity contribution in [3.8, 4) is 11.8 Å². The van der Waals surface area contributed by atoms with Crippen LogP contribution in [0.5, 0.6) is 0 Å². The molecule has 34 heavy (non-hydrogen) atoms. The number of hydrogen-bond donors (Lipinski definition) is 0. The zero-order valence-corrected chi connectivity index (χ0v) is 18.7. The van der Waals surface area contributed by atoms with E-state index in [0.717, 1.165) is 37.7 Å². The van der Waals surface area contributed by atoms with E-state index in [9.17, 15) is 17.6 Å². The Bertz CT molecular complexity index is 1490. The molecule has 0 bridgehead atoms. The van der Waals surface area contributed by atoms with Crippen LogP contribution in [-0.2, 0) is 6.42 Å². The van der Waals surface area contributed by atoms with Gasteiger partial charge >= 0.3 is 6.18 Å². The Morgan fingerprint density at radius 3 is 2.68 bits per heavy atom. The Labute approximate surface area is 192 Å². The molecular weight excluding hydrogens is 448 g/mol. The third-order valence-corrected chi connectivity index (χ3v) is 6.02. The van der Waals surface area contributed by atoms with E-state index in [2.05, 4.69) is 32.0 Å². The minimum Gasteiger partial charge on any atom is -0.325 e. The minimum atomic E-state index is -4.44. The van der Waals surface area contributed by atoms with E-state index in [1.54, 1.807) is 23.5 Å². The molecule has 0 amide bonds. The highest BCUT2D eigenvalue weighted by Gasteiger charge is 2.46. The Morgan fingerprint density at radius 1 is 1.12 bits per heavy atom. The molecule has 0 saturated heterocycles. The molecule has 0 radical (unpaired) electrons. The normalized spacial score (nSPS) is 14.3. The molecule has 0 unspecified atom stereocenters. The van der Waals surface area contributed by atoms with Crippen LogP contribution in [0.1, 0.15) is 37.2 Å². The average Bonchev–Trinajstić information content (AvgIpc) is 3.16. The number of benzene rings is 1. The van der Waals surface area contributed by atoms with Gasteiger partial charge in [0.25, 0.3) is 5.78 Å². The van der Waals surface area contributed by atoms with Crippen LogP contribution in [0, 0.1) is 30.0 Å². The first kappa shape index (κ1) is 22.1. The Balaban J connectivity index is 1.69. The predicted octanol–water partition coefficient (Wildman–Crippen LogP) is 5.14. The zero-order valence-electron chi connectivity index (χ0n) is 18.7. The molecular formula is C24H20F4N6. The molecule has 1 aliphatic heterocycles. The van der Waals surface area contributed by atoms with Crippen LogP contribution in [-0.4, -0.2) is 37.3 Å². The second-order valence-electron chi connectivity index (χ2n) is 8.77. The van der Waals surface area contributed by atoms with Gasteiger partial charge in [-0.2, -0.15) is 18.2 Å². The quantitative estimate of drug-likeness (QED) is 0.286. The van der Waals surface area contributed by atoms with E-state index in [1.165, 1.54) is 6.07 Å². The van der Waals surface area contributed by atoms with E-state index >= 15 is 0 Å².